The van der Waals surface area contributed by atoms with Gasteiger partial charge in [-0.05, 0) is 30.3 Å². The molecule has 2 aromatic heterocycles. The van der Waals surface area contributed by atoms with Crippen molar-refractivity contribution in [3.8, 4) is 11.5 Å². The number of oxazole rings is 1. The van der Waals surface area contributed by atoms with Crippen LogP contribution in [0.1, 0.15) is 5.56 Å². The third kappa shape index (κ3) is 3.21. The number of anilines is 1. The van der Waals surface area contributed by atoms with Crippen molar-refractivity contribution in [2.75, 3.05) is 31.1 Å². The number of hydrogen-bond donors (Lipinski definition) is 1. The maximum Gasteiger partial charge on any atom is 0.418 e. The molecule has 1 aliphatic heterocycles. The molecule has 3 heterocycles. The number of alkyl halides is 3. The highest BCUT2D eigenvalue weighted by Gasteiger charge is 2.34. The van der Waals surface area contributed by atoms with E-state index in [1.807, 2.05) is 12.1 Å². The van der Waals surface area contributed by atoms with Crippen molar-refractivity contribution in [3.63, 3.8) is 0 Å². The first-order valence-corrected chi connectivity index (χ1v) is 9.41. The van der Waals surface area contributed by atoms with Crippen LogP contribution in [0.25, 0.3) is 33.5 Å². The quantitative estimate of drug-likeness (QED) is 0.499. The van der Waals surface area contributed by atoms with Crippen molar-refractivity contribution >= 4 is 27.8 Å². The molecule has 1 fully saturated rings. The topological polar surface area (TPSA) is 71.5 Å². The van der Waals surface area contributed by atoms with Crippen LogP contribution >= 0.6 is 0 Å². The molecule has 154 valence electrons. The molecule has 0 bridgehead atoms. The highest BCUT2D eigenvalue weighted by atomic mass is 19.4. The first-order chi connectivity index (χ1) is 14.4. The molecule has 1 saturated heterocycles. The van der Waals surface area contributed by atoms with E-state index in [0.29, 0.717) is 11.0 Å². The monoisotopic (exact) mass is 415 g/mol. The Hall–Kier alpha value is -3.33. The van der Waals surface area contributed by atoms with Gasteiger partial charge in [0.2, 0.25) is 5.89 Å². The summed E-state index contributed by atoms with van der Waals surface area (Å²) in [6.45, 7) is 3.44. The van der Waals surface area contributed by atoms with Gasteiger partial charge in [-0.3, -0.25) is 0 Å². The number of fused-ring (bicyclic) bond motifs is 2. The second-order valence-corrected chi connectivity index (χ2v) is 7.08. The lowest BCUT2D eigenvalue weighted by molar-refractivity contribution is -0.136. The van der Waals surface area contributed by atoms with Gasteiger partial charge in [0, 0.05) is 43.3 Å². The summed E-state index contributed by atoms with van der Waals surface area (Å²) in [6.07, 6.45) is -4.58. The fourth-order valence-corrected chi connectivity index (χ4v) is 3.66. The van der Waals surface area contributed by atoms with Gasteiger partial charge in [-0.25, -0.2) is 9.78 Å². The van der Waals surface area contributed by atoms with E-state index in [2.05, 4.69) is 15.2 Å². The molecular weight excluding hydrogens is 399 g/mol. The van der Waals surface area contributed by atoms with Crippen LogP contribution in [0.4, 0.5) is 18.9 Å². The number of nitrogens with zero attached hydrogens (tertiary/aromatic N) is 2. The SMILES string of the molecule is O=c1oc2cc(N3CCNCC3)ccc2cc1-c1nc2c(C(F)(F)F)cccc2o1. The molecule has 0 unspecified atom stereocenters. The van der Waals surface area contributed by atoms with Crippen molar-refractivity contribution in [2.45, 2.75) is 6.18 Å². The number of benzene rings is 2. The molecule has 0 atom stereocenters. The van der Waals surface area contributed by atoms with E-state index < -0.39 is 17.4 Å². The van der Waals surface area contributed by atoms with Crippen LogP contribution in [0, 0.1) is 0 Å². The molecule has 4 aromatic rings. The Morgan fingerprint density at radius 2 is 1.80 bits per heavy atom. The molecule has 1 aliphatic rings. The summed E-state index contributed by atoms with van der Waals surface area (Å²) < 4.78 is 50.6. The van der Waals surface area contributed by atoms with Gasteiger partial charge in [-0.1, -0.05) is 6.07 Å². The number of para-hydroxylation sites is 1. The van der Waals surface area contributed by atoms with Crippen LogP contribution in [0.3, 0.4) is 0 Å². The molecule has 0 radical (unpaired) electrons. The lowest BCUT2D eigenvalue weighted by atomic mass is 10.1. The van der Waals surface area contributed by atoms with E-state index in [-0.39, 0.29) is 22.6 Å². The predicted molar refractivity (Wildman–Crippen MR) is 106 cm³/mol. The molecule has 1 N–H and O–H groups in total. The number of nitrogens with one attached hydrogen (secondary N) is 1. The summed E-state index contributed by atoms with van der Waals surface area (Å²) >= 11 is 0. The summed E-state index contributed by atoms with van der Waals surface area (Å²) in [5.74, 6) is -0.205. The van der Waals surface area contributed by atoms with Gasteiger partial charge in [0.1, 0.15) is 16.7 Å². The Balaban J connectivity index is 1.59. The van der Waals surface area contributed by atoms with E-state index in [4.69, 9.17) is 8.83 Å². The van der Waals surface area contributed by atoms with Crippen LogP contribution in [-0.4, -0.2) is 31.2 Å². The molecule has 0 spiro atoms. The van der Waals surface area contributed by atoms with E-state index >= 15 is 0 Å². The Morgan fingerprint density at radius 3 is 2.57 bits per heavy atom. The van der Waals surface area contributed by atoms with Gasteiger partial charge in [-0.15, -0.1) is 0 Å². The van der Waals surface area contributed by atoms with Gasteiger partial charge in [0.25, 0.3) is 0 Å². The standard InChI is InChI=1S/C21H16F3N3O3/c22-21(23,24)15-2-1-3-16-18(15)26-19(29-16)14-10-12-4-5-13(11-17(12)30-20(14)28)27-8-6-25-7-9-27/h1-5,10-11,25H,6-9H2. The second-order valence-electron chi connectivity index (χ2n) is 7.08. The predicted octanol–water partition coefficient (Wildman–Crippen LogP) is 4.03. The van der Waals surface area contributed by atoms with Crippen LogP contribution in [0.15, 0.2) is 56.1 Å². The first-order valence-electron chi connectivity index (χ1n) is 9.41. The summed E-state index contributed by atoms with van der Waals surface area (Å²) in [6, 6.07) is 10.6. The van der Waals surface area contributed by atoms with Gasteiger partial charge in [0.15, 0.2) is 5.58 Å². The summed E-state index contributed by atoms with van der Waals surface area (Å²) in [5.41, 5.74) is -0.715. The van der Waals surface area contributed by atoms with Gasteiger partial charge in [-0.2, -0.15) is 13.2 Å². The average molecular weight is 415 g/mol. The number of rotatable bonds is 2. The van der Waals surface area contributed by atoms with Crippen molar-refractivity contribution in [3.05, 3.63) is 58.4 Å². The minimum absolute atomic E-state index is 0.0262. The fraction of sp³-hybridized carbons (Fsp3) is 0.238. The molecule has 0 aliphatic carbocycles. The Kier molecular flexibility index (Phi) is 4.28. The van der Waals surface area contributed by atoms with Gasteiger partial charge >= 0.3 is 11.8 Å². The summed E-state index contributed by atoms with van der Waals surface area (Å²) in [5, 5.41) is 3.90. The van der Waals surface area contributed by atoms with Crippen molar-refractivity contribution in [2.24, 2.45) is 0 Å². The highest BCUT2D eigenvalue weighted by molar-refractivity contribution is 5.85. The zero-order chi connectivity index (χ0) is 20.9. The number of aromatic nitrogens is 1. The fourth-order valence-electron chi connectivity index (χ4n) is 3.66. The highest BCUT2D eigenvalue weighted by Crippen LogP contribution is 2.36. The number of halogens is 3. The molecule has 0 amide bonds. The lowest BCUT2D eigenvalue weighted by Crippen LogP contribution is -2.43. The summed E-state index contributed by atoms with van der Waals surface area (Å²) in [7, 11) is 0. The minimum atomic E-state index is -4.58. The first kappa shape index (κ1) is 18.7. The Bertz CT molecular complexity index is 1300. The van der Waals surface area contributed by atoms with Crippen LogP contribution in [0.5, 0.6) is 0 Å². The van der Waals surface area contributed by atoms with E-state index in [1.54, 1.807) is 6.07 Å². The maximum absolute atomic E-state index is 13.2. The average Bonchev–Trinajstić information content (AvgIpc) is 3.16. The number of hydrogen-bond acceptors (Lipinski definition) is 6. The zero-order valence-corrected chi connectivity index (χ0v) is 15.6. The maximum atomic E-state index is 13.2. The smallest absolute Gasteiger partial charge is 0.418 e. The number of piperazine rings is 1. The largest absolute Gasteiger partial charge is 0.436 e. The van der Waals surface area contributed by atoms with Crippen molar-refractivity contribution < 1.29 is 22.0 Å². The van der Waals surface area contributed by atoms with E-state index in [1.165, 1.54) is 18.2 Å². The normalized spacial score (nSPS) is 15.2. The van der Waals surface area contributed by atoms with Crippen molar-refractivity contribution in [1.82, 2.24) is 10.3 Å². The molecule has 2 aromatic carbocycles. The second kappa shape index (κ2) is 6.88. The molecule has 9 heteroatoms. The lowest BCUT2D eigenvalue weighted by Gasteiger charge is -2.29. The third-order valence-corrected chi connectivity index (χ3v) is 5.16. The van der Waals surface area contributed by atoms with Crippen LogP contribution in [0.2, 0.25) is 0 Å². The van der Waals surface area contributed by atoms with E-state index in [0.717, 1.165) is 37.9 Å². The zero-order valence-electron chi connectivity index (χ0n) is 15.6. The van der Waals surface area contributed by atoms with Gasteiger partial charge < -0.3 is 19.1 Å². The van der Waals surface area contributed by atoms with Crippen molar-refractivity contribution in [1.29, 1.82) is 0 Å². The molecule has 6 nitrogen and oxygen atoms in total. The van der Waals surface area contributed by atoms with Gasteiger partial charge in [0.05, 0.1) is 5.56 Å². The Labute approximate surface area is 167 Å². The Morgan fingerprint density at radius 1 is 1.00 bits per heavy atom. The molecule has 30 heavy (non-hydrogen) atoms. The minimum Gasteiger partial charge on any atom is -0.436 e. The summed E-state index contributed by atoms with van der Waals surface area (Å²) in [4.78, 5) is 18.7. The van der Waals surface area contributed by atoms with Crippen LogP contribution in [-0.2, 0) is 6.18 Å². The molecule has 0 saturated carbocycles. The third-order valence-electron chi connectivity index (χ3n) is 5.16. The molecule has 5 rings (SSSR count). The van der Waals surface area contributed by atoms with Crippen LogP contribution < -0.4 is 15.8 Å². The molecular formula is C21H16F3N3O3. The van der Waals surface area contributed by atoms with E-state index in [9.17, 15) is 18.0 Å².